The van der Waals surface area contributed by atoms with E-state index < -0.39 is 0 Å². The third kappa shape index (κ3) is 2.43. The van der Waals surface area contributed by atoms with Gasteiger partial charge in [-0.1, -0.05) is 46.8 Å². The Kier molecular flexibility index (Phi) is 3.22. The molecule has 0 spiro atoms. The highest BCUT2D eigenvalue weighted by molar-refractivity contribution is 6.02. The Morgan fingerprint density at radius 2 is 1.94 bits per heavy atom. The van der Waals surface area contributed by atoms with Crippen LogP contribution in [0.1, 0.15) is 58.1 Å². The maximum Gasteiger partial charge on any atom is 0.232 e. The third-order valence-electron chi connectivity index (χ3n) is 3.57. The van der Waals surface area contributed by atoms with Crippen LogP contribution in [-0.4, -0.2) is 5.91 Å². The van der Waals surface area contributed by atoms with Gasteiger partial charge in [-0.25, -0.2) is 0 Å². The van der Waals surface area contributed by atoms with E-state index in [9.17, 15) is 4.79 Å². The maximum absolute atomic E-state index is 12.0. The minimum atomic E-state index is 0.0299. The molecule has 0 saturated carbocycles. The molecule has 2 rings (SSSR count). The predicted octanol–water partition coefficient (Wildman–Crippen LogP) is 4.07. The molecule has 1 heterocycles. The Bertz CT molecular complexity index is 468. The second kappa shape index (κ2) is 4.42. The van der Waals surface area contributed by atoms with Gasteiger partial charge in [0.2, 0.25) is 5.91 Å². The molecule has 1 amide bonds. The zero-order valence-electron chi connectivity index (χ0n) is 12.0. The fourth-order valence-corrected chi connectivity index (χ4v) is 2.50. The number of anilines is 1. The Morgan fingerprint density at radius 1 is 1.28 bits per heavy atom. The zero-order valence-corrected chi connectivity index (χ0v) is 12.0. The molecule has 18 heavy (non-hydrogen) atoms. The van der Waals surface area contributed by atoms with Crippen LogP contribution in [-0.2, 0) is 10.2 Å². The van der Waals surface area contributed by atoms with Crippen molar-refractivity contribution in [3.8, 4) is 0 Å². The number of benzene rings is 1. The first kappa shape index (κ1) is 13.1. The van der Waals surface area contributed by atoms with E-state index in [0.29, 0.717) is 5.92 Å². The number of carbonyl (C=O) groups is 1. The summed E-state index contributed by atoms with van der Waals surface area (Å²) in [6, 6.07) is 6.38. The van der Waals surface area contributed by atoms with Crippen molar-refractivity contribution in [3.05, 3.63) is 29.3 Å². The topological polar surface area (TPSA) is 29.1 Å². The van der Waals surface area contributed by atoms with Crippen molar-refractivity contribution in [3.63, 3.8) is 0 Å². The normalized spacial score (nSPS) is 19.0. The van der Waals surface area contributed by atoms with E-state index in [1.165, 1.54) is 11.1 Å². The average Bonchev–Trinajstić information content (AvgIpc) is 2.53. The molecule has 2 nitrogen and oxygen atoms in total. The summed E-state index contributed by atoms with van der Waals surface area (Å²) in [5.74, 6) is 0.719. The smallest absolute Gasteiger partial charge is 0.232 e. The minimum Gasteiger partial charge on any atom is -0.325 e. The van der Waals surface area contributed by atoms with Crippen molar-refractivity contribution < 1.29 is 4.79 Å². The first-order valence-electron chi connectivity index (χ1n) is 6.74. The van der Waals surface area contributed by atoms with Gasteiger partial charge in [0.1, 0.15) is 0 Å². The van der Waals surface area contributed by atoms with Crippen LogP contribution in [0.15, 0.2) is 18.2 Å². The highest BCUT2D eigenvalue weighted by atomic mass is 16.2. The predicted molar refractivity (Wildman–Crippen MR) is 76.0 cm³/mol. The highest BCUT2D eigenvalue weighted by Crippen LogP contribution is 2.38. The number of rotatable bonds is 2. The molecule has 0 saturated heterocycles. The SMILES string of the molecule is CC(C)CC1C(=O)Nc2ccc(C(C)(C)C)cc21. The molecule has 1 N–H and O–H groups in total. The molecule has 1 aliphatic heterocycles. The second-order valence-electron chi connectivity index (χ2n) is 6.72. The summed E-state index contributed by atoms with van der Waals surface area (Å²) in [6.07, 6.45) is 0.923. The first-order chi connectivity index (χ1) is 8.29. The molecular weight excluding hydrogens is 222 g/mol. The molecule has 0 fully saturated rings. The molecule has 0 radical (unpaired) electrons. The Labute approximate surface area is 110 Å². The number of fused-ring (bicyclic) bond motifs is 1. The van der Waals surface area contributed by atoms with Gasteiger partial charge in [-0.15, -0.1) is 0 Å². The van der Waals surface area contributed by atoms with Gasteiger partial charge in [-0.3, -0.25) is 4.79 Å². The summed E-state index contributed by atoms with van der Waals surface area (Å²) in [4.78, 5) is 12.0. The fourth-order valence-electron chi connectivity index (χ4n) is 2.50. The van der Waals surface area contributed by atoms with Crippen molar-refractivity contribution in [1.82, 2.24) is 0 Å². The van der Waals surface area contributed by atoms with Gasteiger partial charge >= 0.3 is 0 Å². The number of nitrogens with one attached hydrogen (secondary N) is 1. The summed E-state index contributed by atoms with van der Waals surface area (Å²) in [6.45, 7) is 10.9. The number of hydrogen-bond acceptors (Lipinski definition) is 1. The summed E-state index contributed by atoms with van der Waals surface area (Å²) >= 11 is 0. The molecule has 1 aliphatic rings. The van der Waals surface area contributed by atoms with Crippen LogP contribution in [0.3, 0.4) is 0 Å². The van der Waals surface area contributed by atoms with Crippen LogP contribution in [0.2, 0.25) is 0 Å². The second-order valence-corrected chi connectivity index (χ2v) is 6.72. The molecular formula is C16H23NO. The number of amides is 1. The standard InChI is InChI=1S/C16H23NO/c1-10(2)8-13-12-9-11(16(3,4)5)6-7-14(12)17-15(13)18/h6-7,9-10,13H,8H2,1-5H3,(H,17,18). The van der Waals surface area contributed by atoms with Crippen molar-refractivity contribution >= 4 is 11.6 Å². The monoisotopic (exact) mass is 245 g/mol. The summed E-state index contributed by atoms with van der Waals surface area (Å²) in [7, 11) is 0. The van der Waals surface area contributed by atoms with E-state index >= 15 is 0 Å². The van der Waals surface area contributed by atoms with Gasteiger partial charge in [0.25, 0.3) is 0 Å². The summed E-state index contributed by atoms with van der Waals surface area (Å²) in [5.41, 5.74) is 3.61. The van der Waals surface area contributed by atoms with E-state index in [2.05, 4.69) is 52.1 Å². The third-order valence-corrected chi connectivity index (χ3v) is 3.57. The van der Waals surface area contributed by atoms with Gasteiger partial charge in [-0.05, 0) is 34.9 Å². The maximum atomic E-state index is 12.0. The Morgan fingerprint density at radius 3 is 2.50 bits per heavy atom. The fraction of sp³-hybridized carbons (Fsp3) is 0.562. The van der Waals surface area contributed by atoms with Crippen molar-refractivity contribution in [1.29, 1.82) is 0 Å². The molecule has 2 heteroatoms. The number of carbonyl (C=O) groups excluding carboxylic acids is 1. The highest BCUT2D eigenvalue weighted by Gasteiger charge is 2.31. The summed E-state index contributed by atoms with van der Waals surface area (Å²) < 4.78 is 0. The van der Waals surface area contributed by atoms with Crippen LogP contribution in [0.4, 0.5) is 5.69 Å². The Hall–Kier alpha value is -1.31. The van der Waals surface area contributed by atoms with Crippen molar-refractivity contribution in [2.75, 3.05) is 5.32 Å². The Balaban J connectivity index is 2.40. The first-order valence-corrected chi connectivity index (χ1v) is 6.74. The van der Waals surface area contributed by atoms with Gasteiger partial charge in [-0.2, -0.15) is 0 Å². The summed E-state index contributed by atoms with van der Waals surface area (Å²) in [5, 5.41) is 2.99. The van der Waals surface area contributed by atoms with Gasteiger partial charge in [0, 0.05) is 5.69 Å². The zero-order chi connectivity index (χ0) is 13.5. The van der Waals surface area contributed by atoms with Crippen LogP contribution < -0.4 is 5.32 Å². The lowest BCUT2D eigenvalue weighted by Crippen LogP contribution is -2.14. The van der Waals surface area contributed by atoms with Gasteiger partial charge in [0.15, 0.2) is 0 Å². The van der Waals surface area contributed by atoms with Crippen LogP contribution >= 0.6 is 0 Å². The van der Waals surface area contributed by atoms with E-state index in [0.717, 1.165) is 12.1 Å². The molecule has 0 aliphatic carbocycles. The van der Waals surface area contributed by atoms with Crippen molar-refractivity contribution in [2.24, 2.45) is 5.92 Å². The van der Waals surface area contributed by atoms with E-state index in [4.69, 9.17) is 0 Å². The lowest BCUT2D eigenvalue weighted by atomic mass is 9.83. The molecule has 1 aromatic carbocycles. The van der Waals surface area contributed by atoms with Crippen LogP contribution in [0.5, 0.6) is 0 Å². The average molecular weight is 245 g/mol. The van der Waals surface area contributed by atoms with E-state index in [1.54, 1.807) is 0 Å². The quantitative estimate of drug-likeness (QED) is 0.836. The van der Waals surface area contributed by atoms with Crippen LogP contribution in [0, 0.1) is 5.92 Å². The van der Waals surface area contributed by atoms with Gasteiger partial charge < -0.3 is 5.32 Å². The molecule has 0 aromatic heterocycles. The van der Waals surface area contributed by atoms with E-state index in [-0.39, 0.29) is 17.2 Å². The molecule has 1 unspecified atom stereocenters. The van der Waals surface area contributed by atoms with Crippen LogP contribution in [0.25, 0.3) is 0 Å². The molecule has 1 atom stereocenters. The molecule has 98 valence electrons. The number of hydrogen-bond donors (Lipinski definition) is 1. The van der Waals surface area contributed by atoms with E-state index in [1.807, 2.05) is 6.07 Å². The largest absolute Gasteiger partial charge is 0.325 e. The minimum absolute atomic E-state index is 0.0299. The van der Waals surface area contributed by atoms with Gasteiger partial charge in [0.05, 0.1) is 5.92 Å². The lowest BCUT2D eigenvalue weighted by Gasteiger charge is -2.21. The molecule has 0 bridgehead atoms. The molecule has 1 aromatic rings. The van der Waals surface area contributed by atoms with Crippen molar-refractivity contribution in [2.45, 2.75) is 52.4 Å². The lowest BCUT2D eigenvalue weighted by molar-refractivity contribution is -0.117.